The van der Waals surface area contributed by atoms with Gasteiger partial charge in [0.1, 0.15) is 0 Å². The van der Waals surface area contributed by atoms with E-state index in [1.165, 1.54) is 11.9 Å². The van der Waals surface area contributed by atoms with Gasteiger partial charge in [-0.2, -0.15) is 0 Å². The van der Waals surface area contributed by atoms with E-state index in [1.54, 1.807) is 18.5 Å². The van der Waals surface area contributed by atoms with E-state index in [2.05, 4.69) is 28.9 Å². The number of carbonyl (C=O) groups is 1. The van der Waals surface area contributed by atoms with Gasteiger partial charge in [-0.1, -0.05) is 41.9 Å². The number of carboxylic acids is 1. The third-order valence-electron chi connectivity index (χ3n) is 5.99. The van der Waals surface area contributed by atoms with Crippen molar-refractivity contribution >= 4 is 46.2 Å². The third-order valence-corrected chi connectivity index (χ3v) is 7.15. The fourth-order valence-electron chi connectivity index (χ4n) is 3.82. The quantitative estimate of drug-likeness (QED) is 0.179. The van der Waals surface area contributed by atoms with Crippen molar-refractivity contribution in [3.05, 3.63) is 89.2 Å². The lowest BCUT2D eigenvalue weighted by Gasteiger charge is -2.28. The summed E-state index contributed by atoms with van der Waals surface area (Å²) in [4.78, 5) is 16.9. The van der Waals surface area contributed by atoms with Crippen molar-refractivity contribution in [3.8, 4) is 0 Å². The minimum Gasteiger partial charge on any atom is -0.478 e. The second kappa shape index (κ2) is 11.3. The lowest BCUT2D eigenvalue weighted by molar-refractivity contribution is 0.0697. The number of imidazole rings is 1. The Kier molecular flexibility index (Phi) is 8.21. The second-order valence-corrected chi connectivity index (χ2v) is 10.5. The summed E-state index contributed by atoms with van der Waals surface area (Å²) in [6.45, 7) is 5.18. The van der Waals surface area contributed by atoms with Gasteiger partial charge in [0, 0.05) is 29.2 Å². The number of hydrogen-bond acceptors (Lipinski definition) is 6. The van der Waals surface area contributed by atoms with Crippen LogP contribution in [0.25, 0.3) is 11.0 Å². The first kappa shape index (κ1) is 26.0. The molecule has 0 saturated heterocycles. The number of benzene rings is 3. The van der Waals surface area contributed by atoms with Gasteiger partial charge < -0.3 is 24.8 Å². The molecule has 0 radical (unpaired) electrons. The molecule has 0 amide bonds. The maximum atomic E-state index is 11.5. The fourth-order valence-corrected chi connectivity index (χ4v) is 4.71. The molecule has 0 bridgehead atoms. The number of fused-ring (bicyclic) bond motifs is 1. The maximum absolute atomic E-state index is 11.5. The van der Waals surface area contributed by atoms with Crippen LogP contribution in [0, 0.1) is 0 Å². The molecular weight excluding hydrogens is 496 g/mol. The van der Waals surface area contributed by atoms with Gasteiger partial charge in [0.25, 0.3) is 0 Å². The molecule has 0 fully saturated rings. The van der Waals surface area contributed by atoms with Crippen LogP contribution in [0.1, 0.15) is 42.3 Å². The van der Waals surface area contributed by atoms with Crippen molar-refractivity contribution in [2.75, 3.05) is 11.3 Å². The van der Waals surface area contributed by atoms with Crippen molar-refractivity contribution in [2.24, 2.45) is 0 Å². The van der Waals surface area contributed by atoms with Crippen molar-refractivity contribution < 1.29 is 15.0 Å². The highest BCUT2D eigenvalue weighted by Gasteiger charge is 2.20. The van der Waals surface area contributed by atoms with E-state index in [0.29, 0.717) is 18.6 Å². The first-order chi connectivity index (χ1) is 17.2. The molecule has 4 aromatic rings. The first-order valence-corrected chi connectivity index (χ1v) is 12.8. The van der Waals surface area contributed by atoms with Crippen LogP contribution in [0.15, 0.2) is 78.0 Å². The van der Waals surface area contributed by atoms with Crippen LogP contribution in [0.5, 0.6) is 0 Å². The molecule has 7 nitrogen and oxygen atoms in total. The molecule has 9 heteroatoms. The van der Waals surface area contributed by atoms with Gasteiger partial charge in [-0.3, -0.25) is 0 Å². The number of anilines is 1. The van der Waals surface area contributed by atoms with E-state index < -0.39 is 12.1 Å². The Morgan fingerprint density at radius 1 is 1.14 bits per heavy atom. The van der Waals surface area contributed by atoms with Crippen LogP contribution in [0.4, 0.5) is 5.69 Å². The predicted molar refractivity (Wildman–Crippen MR) is 146 cm³/mol. The first-order valence-electron chi connectivity index (χ1n) is 11.6. The van der Waals surface area contributed by atoms with Crippen molar-refractivity contribution in [3.63, 3.8) is 0 Å². The van der Waals surface area contributed by atoms with Crippen molar-refractivity contribution in [1.82, 2.24) is 14.9 Å². The number of aromatic nitrogens is 2. The normalized spacial score (nSPS) is 12.6. The third kappa shape index (κ3) is 6.59. The minimum absolute atomic E-state index is 0.0605. The molecule has 36 heavy (non-hydrogen) atoms. The topological polar surface area (TPSA) is 99.4 Å². The van der Waals surface area contributed by atoms with Gasteiger partial charge in [-0.05, 0) is 74.2 Å². The monoisotopic (exact) mass is 524 g/mol. The van der Waals surface area contributed by atoms with Gasteiger partial charge in [0.15, 0.2) is 0 Å². The number of aromatic carboxylic acids is 1. The molecule has 1 aromatic heterocycles. The van der Waals surface area contributed by atoms with Crippen molar-refractivity contribution in [1.29, 1.82) is 0 Å². The molecule has 0 spiro atoms. The number of nitrogens with one attached hydrogen (secondary N) is 2. The zero-order chi connectivity index (χ0) is 25.7. The van der Waals surface area contributed by atoms with Gasteiger partial charge in [-0.25, -0.2) is 9.78 Å². The highest BCUT2D eigenvalue weighted by atomic mass is 35.5. The maximum Gasteiger partial charge on any atom is 0.337 e. The summed E-state index contributed by atoms with van der Waals surface area (Å²) < 4.78 is 5.25. The Morgan fingerprint density at radius 2 is 1.92 bits per heavy atom. The predicted octanol–water partition coefficient (Wildman–Crippen LogP) is 6.00. The molecule has 1 heterocycles. The number of hydrogen-bond donors (Lipinski definition) is 4. The Hall–Kier alpha value is -3.04. The lowest BCUT2D eigenvalue weighted by Crippen LogP contribution is -2.42. The van der Waals surface area contributed by atoms with Gasteiger partial charge in [0.05, 0.1) is 34.1 Å². The largest absolute Gasteiger partial charge is 0.478 e. The van der Waals surface area contributed by atoms with Crippen LogP contribution >= 0.6 is 23.5 Å². The number of carboxylic acid groups (broad SMARTS) is 1. The summed E-state index contributed by atoms with van der Waals surface area (Å²) in [5.41, 5.74) is 2.92. The SMILES string of the molecule is CC(C)(CCn1cnc2cc(Cl)c(C(=O)O)cc21)NC[C@H](O)c1cccc(NSc2ccccc2)c1. The average Bonchev–Trinajstić information content (AvgIpc) is 3.26. The number of halogens is 1. The van der Waals surface area contributed by atoms with Crippen molar-refractivity contribution in [2.45, 2.75) is 43.4 Å². The molecular formula is C27H29ClN4O3S. The Labute approximate surface area is 219 Å². The number of aliphatic hydroxyl groups excluding tert-OH is 1. The van der Waals surface area contributed by atoms with E-state index in [1.807, 2.05) is 59.2 Å². The number of nitrogens with zero attached hydrogens (tertiary/aromatic N) is 2. The van der Waals surface area contributed by atoms with Gasteiger partial charge in [-0.15, -0.1) is 0 Å². The summed E-state index contributed by atoms with van der Waals surface area (Å²) in [7, 11) is 0. The van der Waals surface area contributed by atoms with Crippen LogP contribution in [-0.4, -0.2) is 37.8 Å². The highest BCUT2D eigenvalue weighted by Crippen LogP contribution is 2.26. The summed E-state index contributed by atoms with van der Waals surface area (Å²) in [5.74, 6) is -1.07. The molecule has 0 saturated carbocycles. The summed E-state index contributed by atoms with van der Waals surface area (Å²) in [6.07, 6.45) is 1.77. The van der Waals surface area contributed by atoms with Crippen LogP contribution in [0.2, 0.25) is 5.02 Å². The van der Waals surface area contributed by atoms with Gasteiger partial charge in [0.2, 0.25) is 0 Å². The lowest BCUT2D eigenvalue weighted by atomic mass is 9.99. The van der Waals surface area contributed by atoms with Crippen LogP contribution in [0.3, 0.4) is 0 Å². The molecule has 3 aromatic carbocycles. The van der Waals surface area contributed by atoms with E-state index >= 15 is 0 Å². The zero-order valence-electron chi connectivity index (χ0n) is 20.1. The van der Waals surface area contributed by atoms with Gasteiger partial charge >= 0.3 is 5.97 Å². The Balaban J connectivity index is 1.33. The molecule has 0 unspecified atom stereocenters. The van der Waals surface area contributed by atoms with E-state index in [9.17, 15) is 15.0 Å². The number of aryl methyl sites for hydroxylation is 1. The Morgan fingerprint density at radius 3 is 2.67 bits per heavy atom. The smallest absolute Gasteiger partial charge is 0.337 e. The number of rotatable bonds is 11. The number of β-amino-alcohol motifs (C(OH)–C–C–N with tert-alkyl or cyclic N) is 1. The summed E-state index contributed by atoms with van der Waals surface area (Å²) in [6, 6.07) is 21.0. The zero-order valence-corrected chi connectivity index (χ0v) is 21.7. The summed E-state index contributed by atoms with van der Waals surface area (Å²) in [5, 5.41) is 23.8. The summed E-state index contributed by atoms with van der Waals surface area (Å²) >= 11 is 7.59. The van der Waals surface area contributed by atoms with Crippen LogP contribution < -0.4 is 10.0 Å². The molecule has 1 atom stereocenters. The molecule has 0 aliphatic rings. The molecule has 4 rings (SSSR count). The molecule has 0 aliphatic carbocycles. The number of aliphatic hydroxyl groups is 1. The average molecular weight is 525 g/mol. The minimum atomic E-state index is -1.07. The molecule has 4 N–H and O–H groups in total. The standard InChI is InChI=1S/C27H29ClN4O3S/c1-27(2,11-12-32-17-29-23-15-22(28)21(26(34)35)14-24(23)32)30-16-25(33)18-7-6-8-19(13-18)31-36-20-9-4-3-5-10-20/h3-10,13-15,17,25,30-31,33H,11-12,16H2,1-2H3,(H,34,35)/t25-/m0/s1. The molecule has 188 valence electrons. The Bertz CT molecular complexity index is 1340. The van der Waals surface area contributed by atoms with E-state index in [-0.39, 0.29) is 16.1 Å². The fraction of sp³-hybridized carbons (Fsp3) is 0.259. The molecule has 0 aliphatic heterocycles. The van der Waals surface area contributed by atoms with E-state index in [0.717, 1.165) is 28.1 Å². The second-order valence-electron chi connectivity index (χ2n) is 9.24. The van der Waals surface area contributed by atoms with E-state index in [4.69, 9.17) is 11.6 Å². The highest BCUT2D eigenvalue weighted by molar-refractivity contribution is 8.00. The van der Waals surface area contributed by atoms with Crippen LogP contribution in [-0.2, 0) is 6.54 Å².